The van der Waals surface area contributed by atoms with Gasteiger partial charge in [0.2, 0.25) is 0 Å². The van der Waals surface area contributed by atoms with Gasteiger partial charge in [-0.25, -0.2) is 0 Å². The molecule has 2 aliphatic carbocycles. The Bertz CT molecular complexity index is 2960. The maximum Gasteiger partial charge on any atom is 0.0713 e. The van der Waals surface area contributed by atoms with Crippen molar-refractivity contribution < 1.29 is 0 Å². The highest BCUT2D eigenvalue weighted by atomic mass is 14.5. The molecule has 1 fully saturated rings. The summed E-state index contributed by atoms with van der Waals surface area (Å²) in [6, 6.07) is 48.3. The molecular formula is C79H100. The van der Waals surface area contributed by atoms with E-state index in [9.17, 15) is 0 Å². The Kier molecular flexibility index (Phi) is 27.5. The van der Waals surface area contributed by atoms with E-state index in [0.717, 1.165) is 35.5 Å². The van der Waals surface area contributed by atoms with Gasteiger partial charge in [-0.15, -0.1) is 0 Å². The van der Waals surface area contributed by atoms with E-state index >= 15 is 0 Å². The van der Waals surface area contributed by atoms with Crippen LogP contribution in [0.15, 0.2) is 231 Å². The van der Waals surface area contributed by atoms with Crippen molar-refractivity contribution in [3.05, 3.63) is 297 Å². The van der Waals surface area contributed by atoms with Crippen LogP contribution in [-0.2, 0) is 17.3 Å². The number of fused-ring (bicyclic) bond motifs is 3. The standard InChI is InChI=1S/C37H32.C19H30.C11H16.C8H10.2C2H6/c1-6-16-27(7-2)24-28-25-35-36(32(9-4)31(28)8-3)33-22-21-26(5)23-34(33)37(35,29-17-12-10-13-18-29)30-19-14-11-15-20-30;1-7-10-11-15(5)19(16(6)17-12-13-17)18(9-3)14(4)8-2;1-9-5-7-10(8-6-9)11(2,3)4;1-7-3-5-8(2)6-4-7;2*1-2/h6-23,25H,1-4,24H2,5H3;9-11,14,17H,5,7-8,12-13H2,1-4,6H3;5-8H,1-4H3;3-6H,1-2H3;2*1-2H3/b27-16+;11-10-,18-9-,19-16+;;;;. The molecule has 0 amide bonds. The molecule has 1 atom stereocenters. The molecule has 0 heteroatoms. The molecule has 0 aromatic heterocycles. The number of hydrogen-bond donors (Lipinski definition) is 0. The number of rotatable bonds is 15. The molecule has 8 rings (SSSR count). The molecule has 416 valence electrons. The van der Waals surface area contributed by atoms with Crippen molar-refractivity contribution in [2.45, 2.75) is 154 Å². The molecule has 6 aromatic rings. The Morgan fingerprint density at radius 1 is 0.658 bits per heavy atom. The van der Waals surface area contributed by atoms with Gasteiger partial charge in [0.25, 0.3) is 0 Å². The predicted molar refractivity (Wildman–Crippen MR) is 357 cm³/mol. The number of allylic oxidation sites excluding steroid dienone is 11. The summed E-state index contributed by atoms with van der Waals surface area (Å²) in [4.78, 5) is 0. The summed E-state index contributed by atoms with van der Waals surface area (Å²) in [5.41, 5.74) is 24.3. The number of aryl methyl sites for hydroxylation is 4. The summed E-state index contributed by atoms with van der Waals surface area (Å²) in [5.74, 6) is 1.42. The summed E-state index contributed by atoms with van der Waals surface area (Å²) in [6.45, 7) is 55.2. The van der Waals surface area contributed by atoms with Gasteiger partial charge in [-0.1, -0.05) is 312 Å². The Balaban J connectivity index is 0.000000323. The monoisotopic (exact) mass is 1050 g/mol. The van der Waals surface area contributed by atoms with Crippen LogP contribution >= 0.6 is 0 Å². The highest BCUT2D eigenvalue weighted by Crippen LogP contribution is 2.58. The van der Waals surface area contributed by atoms with Crippen molar-refractivity contribution in [1.82, 2.24) is 0 Å². The Morgan fingerprint density at radius 3 is 1.57 bits per heavy atom. The van der Waals surface area contributed by atoms with E-state index in [1.54, 1.807) is 5.57 Å². The summed E-state index contributed by atoms with van der Waals surface area (Å²) in [7, 11) is 0. The van der Waals surface area contributed by atoms with Crippen LogP contribution < -0.4 is 0 Å². The largest absolute Gasteiger partial charge is 0.0991 e. The Morgan fingerprint density at radius 2 is 1.15 bits per heavy atom. The highest BCUT2D eigenvalue weighted by molar-refractivity contribution is 5.94. The van der Waals surface area contributed by atoms with E-state index in [0.29, 0.717) is 5.92 Å². The van der Waals surface area contributed by atoms with Gasteiger partial charge in [-0.3, -0.25) is 0 Å². The van der Waals surface area contributed by atoms with Crippen molar-refractivity contribution >= 4 is 12.2 Å². The summed E-state index contributed by atoms with van der Waals surface area (Å²) < 4.78 is 0. The van der Waals surface area contributed by atoms with E-state index in [-0.39, 0.29) is 5.41 Å². The molecule has 0 spiro atoms. The molecule has 0 heterocycles. The third kappa shape index (κ3) is 17.2. The van der Waals surface area contributed by atoms with Crippen LogP contribution in [0.2, 0.25) is 0 Å². The van der Waals surface area contributed by atoms with Gasteiger partial charge >= 0.3 is 0 Å². The second-order valence-corrected chi connectivity index (χ2v) is 21.6. The van der Waals surface area contributed by atoms with Crippen LogP contribution in [-0.4, -0.2) is 0 Å². The smallest absolute Gasteiger partial charge is 0.0713 e. The van der Waals surface area contributed by atoms with Gasteiger partial charge in [0.15, 0.2) is 0 Å². The van der Waals surface area contributed by atoms with Gasteiger partial charge in [0.05, 0.1) is 5.41 Å². The lowest BCUT2D eigenvalue weighted by Gasteiger charge is -2.34. The average Bonchev–Trinajstić information content (AvgIpc) is 4.49. The van der Waals surface area contributed by atoms with E-state index < -0.39 is 5.41 Å². The first-order chi connectivity index (χ1) is 37.9. The molecule has 0 bridgehead atoms. The molecule has 0 saturated heterocycles. The fourth-order valence-electron chi connectivity index (χ4n) is 10.3. The van der Waals surface area contributed by atoms with Crippen molar-refractivity contribution in [3.8, 4) is 11.1 Å². The summed E-state index contributed by atoms with van der Waals surface area (Å²) >= 11 is 0. The third-order valence-corrected chi connectivity index (χ3v) is 14.9. The molecular weight excluding hydrogens is 949 g/mol. The van der Waals surface area contributed by atoms with Crippen LogP contribution in [0.3, 0.4) is 0 Å². The molecule has 1 unspecified atom stereocenters. The first kappa shape index (κ1) is 66.3. The van der Waals surface area contributed by atoms with E-state index in [1.807, 2.05) is 58.1 Å². The van der Waals surface area contributed by atoms with Crippen molar-refractivity contribution in [1.29, 1.82) is 0 Å². The first-order valence-corrected chi connectivity index (χ1v) is 29.4. The lowest BCUT2D eigenvalue weighted by atomic mass is 9.67. The summed E-state index contributed by atoms with van der Waals surface area (Å²) in [5, 5.41) is 0. The molecule has 0 radical (unpaired) electrons. The quantitative estimate of drug-likeness (QED) is 0.0898. The zero-order valence-electron chi connectivity index (χ0n) is 52.0. The lowest BCUT2D eigenvalue weighted by molar-refractivity contribution is 0.590. The van der Waals surface area contributed by atoms with Crippen LogP contribution in [0.1, 0.15) is 176 Å². The molecule has 0 aliphatic heterocycles. The minimum Gasteiger partial charge on any atom is -0.0991 e. The zero-order valence-corrected chi connectivity index (χ0v) is 52.0. The van der Waals surface area contributed by atoms with Crippen molar-refractivity contribution in [3.63, 3.8) is 0 Å². The van der Waals surface area contributed by atoms with E-state index in [4.69, 9.17) is 0 Å². The molecule has 6 aromatic carbocycles. The topological polar surface area (TPSA) is 0 Å². The van der Waals surface area contributed by atoms with Gasteiger partial charge in [-0.2, -0.15) is 0 Å². The Labute approximate surface area is 483 Å². The highest BCUT2D eigenvalue weighted by Gasteiger charge is 2.47. The number of benzene rings is 6. The van der Waals surface area contributed by atoms with Crippen LogP contribution in [0.25, 0.3) is 23.3 Å². The van der Waals surface area contributed by atoms with Crippen LogP contribution in [0.4, 0.5) is 0 Å². The average molecular weight is 1050 g/mol. The van der Waals surface area contributed by atoms with E-state index in [2.05, 4.69) is 268 Å². The fraction of sp³-hybridized carbons (Fsp3) is 0.316. The summed E-state index contributed by atoms with van der Waals surface area (Å²) in [6.07, 6.45) is 22.2. The maximum absolute atomic E-state index is 4.32. The second kappa shape index (κ2) is 32.8. The SMILES string of the molecule is C=C(/C=C\CC)C(/C(=C\C)C(C)CC)=C(/C)C1CC1.C=C/C=C(\C=C)Cc1cc2c(c(C=C)c1C=C)-c1ccc(C)cc1C2(c1ccccc1)c1ccccc1.CC.CC.Cc1ccc(C(C)(C)C)cc1.Cc1ccc(C)cc1. The van der Waals surface area contributed by atoms with Gasteiger partial charge < -0.3 is 0 Å². The minimum absolute atomic E-state index is 0.285. The fourth-order valence-corrected chi connectivity index (χ4v) is 10.3. The van der Waals surface area contributed by atoms with Crippen molar-refractivity contribution in [2.24, 2.45) is 11.8 Å². The van der Waals surface area contributed by atoms with Gasteiger partial charge in [0, 0.05) is 0 Å². The molecule has 0 N–H and O–H groups in total. The predicted octanol–water partition coefficient (Wildman–Crippen LogP) is 23.4. The molecule has 2 aliphatic rings. The van der Waals surface area contributed by atoms with Crippen molar-refractivity contribution in [2.75, 3.05) is 0 Å². The first-order valence-electron chi connectivity index (χ1n) is 29.4. The third-order valence-electron chi connectivity index (χ3n) is 14.9. The lowest BCUT2D eigenvalue weighted by Crippen LogP contribution is -2.29. The Hall–Kier alpha value is -7.02. The van der Waals surface area contributed by atoms with E-state index in [1.165, 1.54) is 103 Å². The molecule has 1 saturated carbocycles. The number of hydrogen-bond acceptors (Lipinski definition) is 0. The van der Waals surface area contributed by atoms with Gasteiger partial charge in [0.1, 0.15) is 0 Å². The molecule has 0 nitrogen and oxygen atoms in total. The van der Waals surface area contributed by atoms with Crippen LogP contribution in [0, 0.1) is 39.5 Å². The molecule has 79 heavy (non-hydrogen) atoms. The minimum atomic E-state index is -0.456. The maximum atomic E-state index is 4.32. The second-order valence-electron chi connectivity index (χ2n) is 21.6. The van der Waals surface area contributed by atoms with Gasteiger partial charge in [-0.05, 0) is 169 Å². The zero-order chi connectivity index (χ0) is 58.9. The van der Waals surface area contributed by atoms with Crippen LogP contribution in [0.5, 0.6) is 0 Å². The normalized spacial score (nSPS) is 13.7.